The summed E-state index contributed by atoms with van der Waals surface area (Å²) in [5.74, 6) is 0.373. The number of Topliss-reactive ketones (excluding diaryl/α,β-unsaturated/α-hetero) is 1. The number of ketones is 1. The Bertz CT molecular complexity index is 744. The smallest absolute Gasteiger partial charge is 0.168 e. The number of aliphatic hydroxyl groups excluding tert-OH is 1. The number of benzene rings is 1. The van der Waals surface area contributed by atoms with Gasteiger partial charge in [0.25, 0.3) is 0 Å². The van der Waals surface area contributed by atoms with Gasteiger partial charge in [-0.15, -0.1) is 0 Å². The predicted octanol–water partition coefficient (Wildman–Crippen LogP) is 3.65. The summed E-state index contributed by atoms with van der Waals surface area (Å²) < 4.78 is 5.30. The van der Waals surface area contributed by atoms with Crippen molar-refractivity contribution in [2.24, 2.45) is 4.99 Å². The van der Waals surface area contributed by atoms with Gasteiger partial charge < -0.3 is 14.6 Å². The minimum atomic E-state index is -0.190. The van der Waals surface area contributed by atoms with Crippen molar-refractivity contribution < 1.29 is 19.4 Å². The van der Waals surface area contributed by atoms with Crippen molar-refractivity contribution in [1.29, 1.82) is 0 Å². The van der Waals surface area contributed by atoms with Gasteiger partial charge >= 0.3 is 0 Å². The highest BCUT2D eigenvalue weighted by Crippen LogP contribution is 2.33. The lowest BCUT2D eigenvalue weighted by Gasteiger charge is -2.20. The Hall–Kier alpha value is -2.82. The summed E-state index contributed by atoms with van der Waals surface area (Å²) in [6.07, 6.45) is 3.46. The van der Waals surface area contributed by atoms with Gasteiger partial charge in [0.2, 0.25) is 0 Å². The number of carbonyl (C=O) groups excluding carboxylic acids is 1. The maximum absolute atomic E-state index is 12.2. The van der Waals surface area contributed by atoms with Crippen molar-refractivity contribution in [3.63, 3.8) is 0 Å². The first-order valence-electron chi connectivity index (χ1n) is 6.96. The molecular formula is C17H15NO4. The van der Waals surface area contributed by atoms with Crippen LogP contribution in [0.5, 0.6) is 5.75 Å². The van der Waals surface area contributed by atoms with E-state index in [1.807, 2.05) is 0 Å². The van der Waals surface area contributed by atoms with E-state index in [1.165, 1.54) is 12.3 Å². The Balaban J connectivity index is 1.83. The van der Waals surface area contributed by atoms with Gasteiger partial charge in [0.15, 0.2) is 5.78 Å². The van der Waals surface area contributed by atoms with Gasteiger partial charge in [0, 0.05) is 25.0 Å². The number of carbonyl (C=O) groups is 1. The molecule has 0 saturated heterocycles. The lowest BCUT2D eigenvalue weighted by molar-refractivity contribution is -0.116. The quantitative estimate of drug-likeness (QED) is 0.847. The Morgan fingerprint density at radius 3 is 2.64 bits per heavy atom. The van der Waals surface area contributed by atoms with E-state index in [0.29, 0.717) is 17.9 Å². The van der Waals surface area contributed by atoms with Crippen LogP contribution in [-0.2, 0) is 4.79 Å². The zero-order valence-corrected chi connectivity index (χ0v) is 11.8. The molecule has 1 aliphatic carbocycles. The van der Waals surface area contributed by atoms with Crippen LogP contribution in [0.3, 0.4) is 0 Å². The summed E-state index contributed by atoms with van der Waals surface area (Å²) >= 11 is 0. The van der Waals surface area contributed by atoms with Gasteiger partial charge in [0.05, 0.1) is 11.8 Å². The predicted molar refractivity (Wildman–Crippen MR) is 81.6 cm³/mol. The summed E-state index contributed by atoms with van der Waals surface area (Å²) in [7, 11) is 0. The van der Waals surface area contributed by atoms with E-state index in [0.717, 1.165) is 0 Å². The van der Waals surface area contributed by atoms with Crippen LogP contribution in [-0.4, -0.2) is 22.2 Å². The summed E-state index contributed by atoms with van der Waals surface area (Å²) in [5.41, 5.74) is 0.537. The van der Waals surface area contributed by atoms with Gasteiger partial charge in [0.1, 0.15) is 23.0 Å². The molecule has 1 aliphatic rings. The van der Waals surface area contributed by atoms with Crippen LogP contribution in [0, 0.1) is 0 Å². The summed E-state index contributed by atoms with van der Waals surface area (Å²) in [6.45, 7) is 0. The van der Waals surface area contributed by atoms with Gasteiger partial charge in [-0.05, 0) is 24.3 Å². The molecule has 5 heteroatoms. The molecule has 1 aromatic carbocycles. The molecule has 1 heterocycles. The van der Waals surface area contributed by atoms with Crippen LogP contribution in [0.1, 0.15) is 24.5 Å². The van der Waals surface area contributed by atoms with Crippen molar-refractivity contribution in [2.45, 2.75) is 18.8 Å². The van der Waals surface area contributed by atoms with E-state index in [-0.39, 0.29) is 35.2 Å². The number of hydrogen-bond donors (Lipinski definition) is 2. The molecule has 1 aromatic heterocycles. The third kappa shape index (κ3) is 2.79. The van der Waals surface area contributed by atoms with E-state index in [4.69, 9.17) is 4.42 Å². The van der Waals surface area contributed by atoms with E-state index in [9.17, 15) is 15.0 Å². The minimum absolute atomic E-state index is 0.00294. The molecule has 0 aliphatic heterocycles. The summed E-state index contributed by atoms with van der Waals surface area (Å²) in [4.78, 5) is 16.3. The van der Waals surface area contributed by atoms with Crippen LogP contribution < -0.4 is 0 Å². The molecule has 0 amide bonds. The number of allylic oxidation sites excluding steroid dienone is 2. The van der Waals surface area contributed by atoms with Gasteiger partial charge in [-0.3, -0.25) is 9.79 Å². The van der Waals surface area contributed by atoms with Crippen LogP contribution in [0.15, 0.2) is 63.4 Å². The fourth-order valence-electron chi connectivity index (χ4n) is 2.49. The number of phenols is 1. The van der Waals surface area contributed by atoms with Crippen LogP contribution in [0.4, 0.5) is 5.69 Å². The molecule has 112 valence electrons. The maximum atomic E-state index is 12.2. The first-order chi connectivity index (χ1) is 10.6. The van der Waals surface area contributed by atoms with E-state index < -0.39 is 0 Å². The van der Waals surface area contributed by atoms with Gasteiger partial charge in [-0.2, -0.15) is 0 Å². The van der Waals surface area contributed by atoms with Crippen molar-refractivity contribution in [2.75, 3.05) is 0 Å². The molecule has 22 heavy (non-hydrogen) atoms. The Kier molecular flexibility index (Phi) is 3.78. The molecule has 1 unspecified atom stereocenters. The fourth-order valence-corrected chi connectivity index (χ4v) is 2.49. The number of phenolic OH excluding ortho intramolecular Hbond substituents is 1. The van der Waals surface area contributed by atoms with Crippen molar-refractivity contribution >= 4 is 17.7 Å². The Labute approximate surface area is 127 Å². The molecular weight excluding hydrogens is 282 g/mol. The van der Waals surface area contributed by atoms with Crippen LogP contribution >= 0.6 is 0 Å². The number of para-hydroxylation sites is 2. The zero-order chi connectivity index (χ0) is 15.5. The Morgan fingerprint density at radius 2 is 1.95 bits per heavy atom. The highest BCUT2D eigenvalue weighted by atomic mass is 16.3. The first-order valence-corrected chi connectivity index (χ1v) is 6.96. The van der Waals surface area contributed by atoms with Gasteiger partial charge in [-0.25, -0.2) is 0 Å². The topological polar surface area (TPSA) is 83.0 Å². The fraction of sp³-hybridized carbons (Fsp3) is 0.176. The number of rotatable bonds is 3. The minimum Gasteiger partial charge on any atom is -0.511 e. The third-order valence-corrected chi connectivity index (χ3v) is 3.64. The highest BCUT2D eigenvalue weighted by molar-refractivity contribution is 6.15. The molecule has 0 bridgehead atoms. The normalized spacial score (nSPS) is 19.1. The van der Waals surface area contributed by atoms with Crippen molar-refractivity contribution in [3.05, 3.63) is 59.8 Å². The standard InChI is InChI=1S/C17H15NO4/c19-14-5-2-1-4-13(14)18-10-12-15(20)8-11(9-16(12)21)17-6-3-7-22-17/h1-7,10-11,19-20H,8-9H2. The lowest BCUT2D eigenvalue weighted by atomic mass is 9.86. The molecule has 5 nitrogen and oxygen atoms in total. The second-order valence-corrected chi connectivity index (χ2v) is 5.15. The van der Waals surface area contributed by atoms with E-state index in [1.54, 1.807) is 36.6 Å². The molecule has 0 radical (unpaired) electrons. The number of furan rings is 1. The summed E-state index contributed by atoms with van der Waals surface area (Å²) in [5, 5.41) is 19.8. The third-order valence-electron chi connectivity index (χ3n) is 3.64. The molecule has 0 fully saturated rings. The van der Waals surface area contributed by atoms with Crippen molar-refractivity contribution in [3.8, 4) is 5.75 Å². The summed E-state index contributed by atoms with van der Waals surface area (Å²) in [6, 6.07) is 10.1. The molecule has 3 rings (SSSR count). The first kappa shape index (κ1) is 14.1. The van der Waals surface area contributed by atoms with Gasteiger partial charge in [-0.1, -0.05) is 12.1 Å². The highest BCUT2D eigenvalue weighted by Gasteiger charge is 2.29. The SMILES string of the molecule is O=C1CC(c2ccco2)CC(O)=C1C=Nc1ccccc1O. The number of aliphatic hydroxyl groups is 1. The lowest BCUT2D eigenvalue weighted by Crippen LogP contribution is -2.18. The average Bonchev–Trinajstić information content (AvgIpc) is 3.02. The van der Waals surface area contributed by atoms with Crippen LogP contribution in [0.2, 0.25) is 0 Å². The average molecular weight is 297 g/mol. The molecule has 2 N–H and O–H groups in total. The molecule has 0 spiro atoms. The number of aliphatic imine (C=N–C) groups is 1. The largest absolute Gasteiger partial charge is 0.511 e. The molecule has 0 saturated carbocycles. The Morgan fingerprint density at radius 1 is 1.14 bits per heavy atom. The van der Waals surface area contributed by atoms with E-state index in [2.05, 4.69) is 4.99 Å². The second-order valence-electron chi connectivity index (χ2n) is 5.15. The van der Waals surface area contributed by atoms with Crippen LogP contribution in [0.25, 0.3) is 0 Å². The monoisotopic (exact) mass is 297 g/mol. The van der Waals surface area contributed by atoms with E-state index >= 15 is 0 Å². The number of nitrogens with zero attached hydrogens (tertiary/aromatic N) is 1. The molecule has 1 atom stereocenters. The zero-order valence-electron chi connectivity index (χ0n) is 11.8. The van der Waals surface area contributed by atoms with Crippen molar-refractivity contribution in [1.82, 2.24) is 0 Å². The maximum Gasteiger partial charge on any atom is 0.168 e. The molecule has 2 aromatic rings. The number of hydrogen-bond acceptors (Lipinski definition) is 5. The number of aromatic hydroxyl groups is 1. The second kappa shape index (κ2) is 5.89.